The minimum atomic E-state index is -4.45. The van der Waals surface area contributed by atoms with E-state index in [0.717, 1.165) is 5.56 Å². The number of hydrogen-bond donors (Lipinski definition) is 0. The van der Waals surface area contributed by atoms with Crippen LogP contribution in [0.25, 0.3) is 5.53 Å². The number of benzene rings is 2. The summed E-state index contributed by atoms with van der Waals surface area (Å²) in [7, 11) is -8.85. The van der Waals surface area contributed by atoms with Gasteiger partial charge in [-0.15, -0.1) is 4.79 Å². The average molecular weight is 352 g/mol. The SMILES string of the molecule is Cc1ccc(S(=O)(=O)OC(=[N+]=[N-])S(=O)(=O)c2ccccc2)cc1. The molecule has 2 aromatic carbocycles. The zero-order valence-corrected chi connectivity index (χ0v) is 13.6. The highest BCUT2D eigenvalue weighted by Crippen LogP contribution is 2.18. The van der Waals surface area contributed by atoms with Crippen LogP contribution in [-0.4, -0.2) is 26.9 Å². The van der Waals surface area contributed by atoms with Gasteiger partial charge in [-0.3, -0.25) is 4.18 Å². The second-order valence-electron chi connectivity index (χ2n) is 4.53. The maximum Gasteiger partial charge on any atom is 0.590 e. The molecule has 0 heterocycles. The third-order valence-corrected chi connectivity index (χ3v) is 5.71. The molecule has 2 rings (SSSR count). The van der Waals surface area contributed by atoms with E-state index in [0.29, 0.717) is 0 Å². The summed E-state index contributed by atoms with van der Waals surface area (Å²) < 4.78 is 53.2. The average Bonchev–Trinajstić information content (AvgIpc) is 2.53. The summed E-state index contributed by atoms with van der Waals surface area (Å²) >= 11 is 0. The highest BCUT2D eigenvalue weighted by molar-refractivity contribution is 8.06. The van der Waals surface area contributed by atoms with Gasteiger partial charge in [0, 0.05) is 0 Å². The Labute approximate surface area is 133 Å². The molecule has 23 heavy (non-hydrogen) atoms. The first kappa shape index (κ1) is 16.9. The molecule has 0 bridgehead atoms. The lowest BCUT2D eigenvalue weighted by molar-refractivity contribution is -0.0196. The molecule has 9 heteroatoms. The molecule has 0 saturated carbocycles. The number of rotatable bonds is 3. The van der Waals surface area contributed by atoms with E-state index in [-0.39, 0.29) is 9.79 Å². The molecule has 0 aliphatic rings. The lowest BCUT2D eigenvalue weighted by Crippen LogP contribution is -2.23. The van der Waals surface area contributed by atoms with E-state index in [2.05, 4.69) is 8.97 Å². The Morgan fingerprint density at radius 3 is 2.00 bits per heavy atom. The second kappa shape index (κ2) is 6.33. The van der Waals surface area contributed by atoms with Crippen LogP contribution < -0.4 is 0 Å². The molecule has 0 amide bonds. The molecule has 0 fully saturated rings. The number of sulfone groups is 1. The first-order chi connectivity index (χ1) is 10.8. The topological polar surface area (TPSA) is 114 Å². The van der Waals surface area contributed by atoms with Crippen molar-refractivity contribution in [2.24, 2.45) is 0 Å². The van der Waals surface area contributed by atoms with Gasteiger partial charge in [-0.1, -0.05) is 35.9 Å². The summed E-state index contributed by atoms with van der Waals surface area (Å²) in [5.41, 5.74) is 9.71. The van der Waals surface area contributed by atoms with E-state index in [1.54, 1.807) is 13.0 Å². The number of aryl methyl sites for hydroxylation is 1. The van der Waals surface area contributed by atoms with E-state index in [1.165, 1.54) is 48.5 Å². The molecule has 0 radical (unpaired) electrons. The summed E-state index contributed by atoms with van der Waals surface area (Å²) in [5, 5.41) is -1.32. The highest BCUT2D eigenvalue weighted by atomic mass is 32.2. The van der Waals surface area contributed by atoms with E-state index in [9.17, 15) is 16.8 Å². The standard InChI is InChI=1S/C14H12N2O5S2/c1-11-7-9-13(10-8-11)23(19,20)21-14(16-15)22(17,18)12-5-3-2-4-6-12/h2-10H,1H3. The fourth-order valence-electron chi connectivity index (χ4n) is 1.66. The molecule has 0 spiro atoms. The summed E-state index contributed by atoms with van der Waals surface area (Å²) in [6.45, 7) is 1.76. The van der Waals surface area contributed by atoms with Gasteiger partial charge >= 0.3 is 25.2 Å². The monoisotopic (exact) mass is 352 g/mol. The van der Waals surface area contributed by atoms with Crippen molar-refractivity contribution in [3.05, 3.63) is 65.7 Å². The van der Waals surface area contributed by atoms with Gasteiger partial charge in [0.05, 0.1) is 4.90 Å². The lowest BCUT2D eigenvalue weighted by Gasteiger charge is -2.04. The number of nitrogens with zero attached hydrogens (tertiary/aromatic N) is 2. The first-order valence-electron chi connectivity index (χ1n) is 6.31. The van der Waals surface area contributed by atoms with Crippen molar-refractivity contribution in [1.82, 2.24) is 0 Å². The van der Waals surface area contributed by atoms with Gasteiger partial charge in [0.15, 0.2) is 0 Å². The van der Waals surface area contributed by atoms with Crippen LogP contribution >= 0.6 is 0 Å². The van der Waals surface area contributed by atoms with Crippen molar-refractivity contribution in [3.8, 4) is 0 Å². The van der Waals surface area contributed by atoms with Crippen LogP contribution in [0.1, 0.15) is 5.56 Å². The van der Waals surface area contributed by atoms with Crippen LogP contribution in [0.4, 0.5) is 0 Å². The minimum absolute atomic E-state index is 0.257. The van der Waals surface area contributed by atoms with Crippen LogP contribution in [-0.2, 0) is 24.1 Å². The Morgan fingerprint density at radius 2 is 1.48 bits per heavy atom. The Morgan fingerprint density at radius 1 is 0.913 bits per heavy atom. The van der Waals surface area contributed by atoms with Crippen molar-refractivity contribution >= 4 is 25.2 Å². The van der Waals surface area contributed by atoms with Crippen LogP contribution in [0.3, 0.4) is 0 Å². The van der Waals surface area contributed by atoms with E-state index >= 15 is 0 Å². The third kappa shape index (κ3) is 3.65. The second-order valence-corrected chi connectivity index (χ2v) is 7.91. The Balaban J connectivity index is 2.41. The zero-order chi connectivity index (χ0) is 17.1. The van der Waals surface area contributed by atoms with Crippen molar-refractivity contribution in [1.29, 1.82) is 0 Å². The van der Waals surface area contributed by atoms with E-state index in [1.807, 2.05) is 0 Å². The Bertz CT molecular complexity index is 960. The number of hydrogen-bond acceptors (Lipinski definition) is 5. The van der Waals surface area contributed by atoms with E-state index in [4.69, 9.17) is 5.53 Å². The largest absolute Gasteiger partial charge is 0.590 e. The van der Waals surface area contributed by atoms with Crippen LogP contribution in [0.5, 0.6) is 0 Å². The summed E-state index contributed by atoms with van der Waals surface area (Å²) in [6.07, 6.45) is 0. The van der Waals surface area contributed by atoms with Gasteiger partial charge in [-0.25, -0.2) is 8.42 Å². The molecule has 0 unspecified atom stereocenters. The van der Waals surface area contributed by atoms with Crippen molar-refractivity contribution in [3.63, 3.8) is 0 Å². The predicted octanol–water partition coefficient (Wildman–Crippen LogP) is 1.76. The van der Waals surface area contributed by atoms with Gasteiger partial charge in [0.1, 0.15) is 4.90 Å². The lowest BCUT2D eigenvalue weighted by atomic mass is 10.2. The van der Waals surface area contributed by atoms with Gasteiger partial charge in [0.25, 0.3) is 0 Å². The molecule has 0 saturated heterocycles. The molecule has 2 aromatic rings. The minimum Gasteiger partial charge on any atom is -0.356 e. The molecule has 0 atom stereocenters. The summed E-state index contributed by atoms with van der Waals surface area (Å²) in [5.74, 6) is 0. The molecular formula is C14H12N2O5S2. The maximum absolute atomic E-state index is 12.2. The molecular weight excluding hydrogens is 340 g/mol. The van der Waals surface area contributed by atoms with E-state index < -0.39 is 25.2 Å². The van der Waals surface area contributed by atoms with Crippen LogP contribution in [0.15, 0.2) is 64.4 Å². The summed E-state index contributed by atoms with van der Waals surface area (Å²) in [4.78, 5) is 1.98. The third-order valence-electron chi connectivity index (χ3n) is 2.86. The van der Waals surface area contributed by atoms with Gasteiger partial charge < -0.3 is 5.53 Å². The van der Waals surface area contributed by atoms with Crippen molar-refractivity contribution in [2.45, 2.75) is 16.7 Å². The molecule has 0 aliphatic heterocycles. The fourth-order valence-corrected chi connectivity index (χ4v) is 3.90. The van der Waals surface area contributed by atoms with Crippen LogP contribution in [0, 0.1) is 6.92 Å². The molecule has 0 aliphatic carbocycles. The first-order valence-corrected chi connectivity index (χ1v) is 9.20. The molecule has 120 valence electrons. The van der Waals surface area contributed by atoms with Crippen molar-refractivity contribution in [2.75, 3.05) is 0 Å². The fraction of sp³-hybridized carbons (Fsp3) is 0.0714. The van der Waals surface area contributed by atoms with Crippen LogP contribution in [0.2, 0.25) is 0 Å². The maximum atomic E-state index is 12.2. The quantitative estimate of drug-likeness (QED) is 0.274. The summed E-state index contributed by atoms with van der Waals surface area (Å²) in [6, 6.07) is 12.5. The van der Waals surface area contributed by atoms with Gasteiger partial charge in [-0.05, 0) is 31.2 Å². The molecule has 7 nitrogen and oxygen atoms in total. The molecule has 0 N–H and O–H groups in total. The normalized spacial score (nSPS) is 11.5. The highest BCUT2D eigenvalue weighted by Gasteiger charge is 2.37. The predicted molar refractivity (Wildman–Crippen MR) is 81.7 cm³/mol. The smallest absolute Gasteiger partial charge is 0.356 e. The van der Waals surface area contributed by atoms with Crippen molar-refractivity contribution < 1.29 is 25.8 Å². The molecule has 0 aromatic heterocycles. The Hall–Kier alpha value is -2.48. The Kier molecular flexibility index (Phi) is 4.65. The van der Waals surface area contributed by atoms with Gasteiger partial charge in [0.2, 0.25) is 0 Å². The van der Waals surface area contributed by atoms with Gasteiger partial charge in [-0.2, -0.15) is 8.42 Å². The zero-order valence-electron chi connectivity index (χ0n) is 11.9.